The van der Waals surface area contributed by atoms with Crippen molar-refractivity contribution in [3.05, 3.63) is 71.3 Å². The van der Waals surface area contributed by atoms with E-state index < -0.39 is 0 Å². The zero-order valence-electron chi connectivity index (χ0n) is 15.4. The monoisotopic (exact) mass is 350 g/mol. The molecule has 1 heterocycles. The van der Waals surface area contributed by atoms with Crippen LogP contribution in [0.1, 0.15) is 23.1 Å². The number of hydrogen-bond acceptors (Lipinski definition) is 2. The summed E-state index contributed by atoms with van der Waals surface area (Å²) in [6.07, 6.45) is 1.73. The molecule has 2 amide bonds. The number of aryl methyl sites for hydroxylation is 2. The molecule has 0 radical (unpaired) electrons. The van der Waals surface area contributed by atoms with Gasteiger partial charge in [0.05, 0.1) is 6.42 Å². The van der Waals surface area contributed by atoms with E-state index in [9.17, 15) is 9.59 Å². The van der Waals surface area contributed by atoms with E-state index in [2.05, 4.69) is 31.2 Å². The molecule has 26 heavy (non-hydrogen) atoms. The molecule has 0 spiro atoms. The largest absolute Gasteiger partial charge is 0.339 e. The first-order chi connectivity index (χ1) is 12.6. The van der Waals surface area contributed by atoms with Gasteiger partial charge in [0.1, 0.15) is 0 Å². The van der Waals surface area contributed by atoms with Gasteiger partial charge in [-0.15, -0.1) is 0 Å². The molecular formula is C22H26N2O2. The van der Waals surface area contributed by atoms with E-state index in [1.54, 1.807) is 0 Å². The Morgan fingerprint density at radius 1 is 0.769 bits per heavy atom. The highest BCUT2D eigenvalue weighted by Gasteiger charge is 2.23. The topological polar surface area (TPSA) is 40.6 Å². The highest BCUT2D eigenvalue weighted by atomic mass is 16.2. The molecule has 0 aliphatic carbocycles. The highest BCUT2D eigenvalue weighted by Crippen LogP contribution is 2.11. The molecule has 2 aromatic carbocycles. The quantitative estimate of drug-likeness (QED) is 0.832. The fraction of sp³-hybridized carbons (Fsp3) is 0.364. The molecule has 1 aliphatic heterocycles. The molecular weight excluding hydrogens is 324 g/mol. The Balaban J connectivity index is 1.43. The highest BCUT2D eigenvalue weighted by molar-refractivity contribution is 5.80. The summed E-state index contributed by atoms with van der Waals surface area (Å²) < 4.78 is 0. The number of carbonyl (C=O) groups is 2. The number of nitrogens with zero attached hydrogens (tertiary/aromatic N) is 2. The third-order valence-corrected chi connectivity index (χ3v) is 4.93. The van der Waals surface area contributed by atoms with Gasteiger partial charge >= 0.3 is 0 Å². The Hall–Kier alpha value is -2.62. The molecule has 4 nitrogen and oxygen atoms in total. The molecule has 0 atom stereocenters. The maximum Gasteiger partial charge on any atom is 0.227 e. The molecule has 0 unspecified atom stereocenters. The predicted octanol–water partition coefficient (Wildman–Crippen LogP) is 2.84. The van der Waals surface area contributed by atoms with Crippen LogP contribution in [0.15, 0.2) is 54.6 Å². The summed E-state index contributed by atoms with van der Waals surface area (Å²) in [7, 11) is 0. The van der Waals surface area contributed by atoms with E-state index in [0.29, 0.717) is 39.0 Å². The lowest BCUT2D eigenvalue weighted by Crippen LogP contribution is -2.51. The smallest absolute Gasteiger partial charge is 0.227 e. The van der Waals surface area contributed by atoms with Crippen molar-refractivity contribution in [1.29, 1.82) is 0 Å². The first-order valence-corrected chi connectivity index (χ1v) is 9.27. The fourth-order valence-electron chi connectivity index (χ4n) is 3.25. The molecule has 0 bridgehead atoms. The van der Waals surface area contributed by atoms with Crippen molar-refractivity contribution in [2.45, 2.75) is 26.2 Å². The normalized spacial score (nSPS) is 14.3. The third kappa shape index (κ3) is 4.94. The Labute approximate surface area is 155 Å². The average Bonchev–Trinajstić information content (AvgIpc) is 2.68. The average molecular weight is 350 g/mol. The van der Waals surface area contributed by atoms with Crippen molar-refractivity contribution in [2.24, 2.45) is 0 Å². The zero-order valence-corrected chi connectivity index (χ0v) is 15.4. The molecule has 0 aromatic heterocycles. The van der Waals surface area contributed by atoms with Crippen LogP contribution in [-0.2, 0) is 22.4 Å². The van der Waals surface area contributed by atoms with Crippen LogP contribution in [0, 0.1) is 6.92 Å². The van der Waals surface area contributed by atoms with Gasteiger partial charge in [-0.25, -0.2) is 0 Å². The lowest BCUT2D eigenvalue weighted by molar-refractivity contribution is -0.139. The molecule has 2 aromatic rings. The lowest BCUT2D eigenvalue weighted by Gasteiger charge is -2.35. The van der Waals surface area contributed by atoms with Crippen molar-refractivity contribution in [1.82, 2.24) is 9.80 Å². The van der Waals surface area contributed by atoms with Gasteiger partial charge in [0.2, 0.25) is 11.8 Å². The van der Waals surface area contributed by atoms with Gasteiger partial charge in [-0.2, -0.15) is 0 Å². The predicted molar refractivity (Wildman–Crippen MR) is 103 cm³/mol. The van der Waals surface area contributed by atoms with Crippen LogP contribution in [0.25, 0.3) is 0 Å². The van der Waals surface area contributed by atoms with Crippen molar-refractivity contribution >= 4 is 11.8 Å². The van der Waals surface area contributed by atoms with Crippen LogP contribution in [0.4, 0.5) is 0 Å². The Morgan fingerprint density at radius 2 is 1.35 bits per heavy atom. The number of hydrogen-bond donors (Lipinski definition) is 0. The molecule has 0 N–H and O–H groups in total. The maximum atomic E-state index is 12.4. The third-order valence-electron chi connectivity index (χ3n) is 4.93. The Kier molecular flexibility index (Phi) is 6.05. The number of piperazine rings is 1. The summed E-state index contributed by atoms with van der Waals surface area (Å²) in [5.41, 5.74) is 3.46. The summed E-state index contributed by atoms with van der Waals surface area (Å²) in [5.74, 6) is 0.323. The summed E-state index contributed by atoms with van der Waals surface area (Å²) in [6, 6.07) is 18.1. The van der Waals surface area contributed by atoms with E-state index in [-0.39, 0.29) is 11.8 Å². The van der Waals surface area contributed by atoms with Gasteiger partial charge in [0, 0.05) is 32.6 Å². The van der Waals surface area contributed by atoms with E-state index in [1.807, 2.05) is 40.1 Å². The maximum absolute atomic E-state index is 12.4. The minimum Gasteiger partial charge on any atom is -0.339 e. The SMILES string of the molecule is Cc1ccc(CCC(=O)N2CCN(C(=O)Cc3ccccc3)CC2)cc1. The molecule has 136 valence electrons. The van der Waals surface area contributed by atoms with E-state index in [1.165, 1.54) is 11.1 Å². The van der Waals surface area contributed by atoms with Crippen LogP contribution in [0.3, 0.4) is 0 Å². The summed E-state index contributed by atoms with van der Waals surface area (Å²) >= 11 is 0. The van der Waals surface area contributed by atoms with E-state index in [0.717, 1.165) is 12.0 Å². The molecule has 1 saturated heterocycles. The van der Waals surface area contributed by atoms with Crippen molar-refractivity contribution in [3.8, 4) is 0 Å². The summed E-state index contributed by atoms with van der Waals surface area (Å²) in [4.78, 5) is 28.6. The first kappa shape index (κ1) is 18.2. The molecule has 1 aliphatic rings. The fourth-order valence-corrected chi connectivity index (χ4v) is 3.25. The minimum absolute atomic E-state index is 0.142. The van der Waals surface area contributed by atoms with Gasteiger partial charge in [0.25, 0.3) is 0 Å². The second-order valence-electron chi connectivity index (χ2n) is 6.91. The van der Waals surface area contributed by atoms with Gasteiger partial charge < -0.3 is 9.80 Å². The molecule has 0 saturated carbocycles. The number of benzene rings is 2. The van der Waals surface area contributed by atoms with Crippen LogP contribution >= 0.6 is 0 Å². The summed E-state index contributed by atoms with van der Waals surface area (Å²) in [6.45, 7) is 4.58. The molecule has 3 rings (SSSR count). The second-order valence-corrected chi connectivity index (χ2v) is 6.91. The molecule has 1 fully saturated rings. The van der Waals surface area contributed by atoms with Crippen LogP contribution < -0.4 is 0 Å². The van der Waals surface area contributed by atoms with E-state index >= 15 is 0 Å². The van der Waals surface area contributed by atoms with Crippen molar-refractivity contribution in [2.75, 3.05) is 26.2 Å². The van der Waals surface area contributed by atoms with Crippen molar-refractivity contribution in [3.63, 3.8) is 0 Å². The number of amides is 2. The number of rotatable bonds is 5. The second kappa shape index (κ2) is 8.65. The van der Waals surface area contributed by atoms with Gasteiger partial charge in [-0.1, -0.05) is 60.2 Å². The Bertz CT molecular complexity index is 732. The lowest BCUT2D eigenvalue weighted by atomic mass is 10.1. The van der Waals surface area contributed by atoms with Gasteiger partial charge in [0.15, 0.2) is 0 Å². The minimum atomic E-state index is 0.142. The standard InChI is InChI=1S/C22H26N2O2/c1-18-7-9-19(10-8-18)11-12-21(25)23-13-15-24(16-14-23)22(26)17-20-5-3-2-4-6-20/h2-10H,11-17H2,1H3. The summed E-state index contributed by atoms with van der Waals surface area (Å²) in [5, 5.41) is 0. The van der Waals surface area contributed by atoms with Crippen molar-refractivity contribution < 1.29 is 9.59 Å². The first-order valence-electron chi connectivity index (χ1n) is 9.27. The zero-order chi connectivity index (χ0) is 18.4. The Morgan fingerprint density at radius 3 is 1.96 bits per heavy atom. The number of carbonyl (C=O) groups excluding carboxylic acids is 2. The van der Waals surface area contributed by atoms with Gasteiger partial charge in [-0.3, -0.25) is 9.59 Å². The van der Waals surface area contributed by atoms with E-state index in [4.69, 9.17) is 0 Å². The molecule has 4 heteroatoms. The van der Waals surface area contributed by atoms with Crippen LogP contribution in [-0.4, -0.2) is 47.8 Å². The van der Waals surface area contributed by atoms with Gasteiger partial charge in [-0.05, 0) is 24.5 Å². The van der Waals surface area contributed by atoms with Crippen LogP contribution in [0.2, 0.25) is 0 Å². The van der Waals surface area contributed by atoms with Crippen LogP contribution in [0.5, 0.6) is 0 Å².